The highest BCUT2D eigenvalue weighted by molar-refractivity contribution is 6.67. The lowest BCUT2D eigenvalue weighted by atomic mass is 10.8. The predicted molar refractivity (Wildman–Crippen MR) is 48.3 cm³/mol. The second-order valence-corrected chi connectivity index (χ2v) is 4.59. The normalized spacial score (nSPS) is 11.0. The zero-order valence-electron chi connectivity index (χ0n) is 5.86. The summed E-state index contributed by atoms with van der Waals surface area (Å²) in [6, 6.07) is 0. The smallest absolute Gasteiger partial charge is 0.433 e. The van der Waals surface area contributed by atoms with Crippen LogP contribution in [0.1, 0.15) is 0 Å². The molecule has 0 aromatic heterocycles. The van der Waals surface area contributed by atoms with E-state index in [1.165, 1.54) is 0 Å². The van der Waals surface area contributed by atoms with Crippen molar-refractivity contribution < 1.29 is 14.3 Å². The van der Waals surface area contributed by atoms with E-state index < -0.39 is 9.95 Å². The Morgan fingerprint density at radius 1 is 1.25 bits per heavy atom. The van der Waals surface area contributed by atoms with Crippen molar-refractivity contribution in [2.75, 3.05) is 19.1 Å². The van der Waals surface area contributed by atoms with Crippen molar-refractivity contribution in [3.63, 3.8) is 0 Å². The molecule has 0 bridgehead atoms. The molecule has 0 N–H and O–H groups in total. The van der Waals surface area contributed by atoms with Crippen LogP contribution < -0.4 is 0 Å². The molecule has 3 nitrogen and oxygen atoms in total. The molecule has 7 heteroatoms. The van der Waals surface area contributed by atoms with E-state index >= 15 is 0 Å². The average Bonchev–Trinajstić information content (AvgIpc) is 1.95. The number of rotatable bonds is 3. The molecule has 0 atom stereocenters. The molecule has 0 aromatic carbocycles. The molecule has 0 aliphatic rings. The van der Waals surface area contributed by atoms with Crippen molar-refractivity contribution in [2.45, 2.75) is 3.79 Å². The highest BCUT2D eigenvalue weighted by Crippen LogP contribution is 2.25. The minimum atomic E-state index is -1.61. The number of halogens is 4. The van der Waals surface area contributed by atoms with E-state index in [2.05, 4.69) is 9.47 Å². The van der Waals surface area contributed by atoms with Gasteiger partial charge in [0.15, 0.2) is 0 Å². The summed E-state index contributed by atoms with van der Waals surface area (Å²) < 4.78 is 7.20. The van der Waals surface area contributed by atoms with Gasteiger partial charge in [-0.1, -0.05) is 34.8 Å². The van der Waals surface area contributed by atoms with Crippen molar-refractivity contribution in [3.8, 4) is 0 Å². The van der Waals surface area contributed by atoms with Crippen molar-refractivity contribution >= 4 is 52.6 Å². The zero-order valence-corrected chi connectivity index (χ0v) is 8.88. The first-order valence-corrected chi connectivity index (χ1v) is 4.55. The minimum Gasteiger partial charge on any atom is -0.433 e. The maximum atomic E-state index is 10.6. The summed E-state index contributed by atoms with van der Waals surface area (Å²) in [4.78, 5) is 10.6. The highest BCUT2D eigenvalue weighted by atomic mass is 35.6. The molecule has 12 heavy (non-hydrogen) atoms. The van der Waals surface area contributed by atoms with Gasteiger partial charge in [-0.15, -0.1) is 11.6 Å². The summed E-state index contributed by atoms with van der Waals surface area (Å²) in [6.07, 6.45) is -0.901. The first kappa shape index (κ1) is 12.4. The number of carbonyl (C=O) groups is 1. The molecule has 0 aliphatic heterocycles. The third kappa shape index (κ3) is 8.53. The molecule has 0 heterocycles. The van der Waals surface area contributed by atoms with Crippen LogP contribution in [0.5, 0.6) is 0 Å². The summed E-state index contributed by atoms with van der Waals surface area (Å²) in [5.41, 5.74) is 0. The summed E-state index contributed by atoms with van der Waals surface area (Å²) in [7, 11) is 0. The molecule has 72 valence electrons. The fourth-order valence-electron chi connectivity index (χ4n) is 0.304. The van der Waals surface area contributed by atoms with Gasteiger partial charge in [0.05, 0.1) is 5.88 Å². The van der Waals surface area contributed by atoms with E-state index in [0.29, 0.717) is 0 Å². The monoisotopic (exact) mass is 254 g/mol. The standard InChI is InChI=1S/C5H6Cl4O3/c6-1-2-11-4(10)12-3-5(7,8)9/h1-3H2. The molecule has 0 aromatic rings. The predicted octanol–water partition coefficient (Wildman–Crippen LogP) is 2.75. The molecule has 0 aliphatic carbocycles. The van der Waals surface area contributed by atoms with Crippen molar-refractivity contribution in [1.29, 1.82) is 0 Å². The Morgan fingerprint density at radius 2 is 1.83 bits per heavy atom. The fourth-order valence-corrected chi connectivity index (χ4v) is 0.545. The average molecular weight is 256 g/mol. The van der Waals surface area contributed by atoms with Crippen molar-refractivity contribution in [1.82, 2.24) is 0 Å². The van der Waals surface area contributed by atoms with Gasteiger partial charge in [-0.3, -0.25) is 0 Å². The molecule has 0 fully saturated rings. The topological polar surface area (TPSA) is 35.5 Å². The van der Waals surface area contributed by atoms with Crippen LogP contribution in [0.2, 0.25) is 0 Å². The van der Waals surface area contributed by atoms with Gasteiger partial charge in [0.1, 0.15) is 13.2 Å². The van der Waals surface area contributed by atoms with Gasteiger partial charge in [0.25, 0.3) is 0 Å². The molecule has 0 amide bonds. The quantitative estimate of drug-likeness (QED) is 0.575. The Morgan fingerprint density at radius 3 is 2.25 bits per heavy atom. The number of alkyl halides is 4. The molecule has 0 unspecified atom stereocenters. The lowest BCUT2D eigenvalue weighted by Gasteiger charge is -2.10. The zero-order chi connectivity index (χ0) is 9.61. The fraction of sp³-hybridized carbons (Fsp3) is 0.800. The lowest BCUT2D eigenvalue weighted by molar-refractivity contribution is 0.0610. The third-order valence-electron chi connectivity index (χ3n) is 0.651. The summed E-state index contributed by atoms with van der Waals surface area (Å²) in [6.45, 7) is -0.279. The van der Waals surface area contributed by atoms with Crippen LogP contribution in [0.3, 0.4) is 0 Å². The van der Waals surface area contributed by atoms with Gasteiger partial charge in [-0.05, 0) is 0 Å². The molecule has 0 radical (unpaired) electrons. The summed E-state index contributed by atoms with van der Waals surface area (Å²) in [5.74, 6) is 0.197. The molecule has 0 rings (SSSR count). The van der Waals surface area contributed by atoms with Crippen LogP contribution in [-0.4, -0.2) is 29.0 Å². The molecular weight excluding hydrogens is 250 g/mol. The first-order chi connectivity index (χ1) is 5.45. The van der Waals surface area contributed by atoms with E-state index in [-0.39, 0.29) is 19.1 Å². The number of ether oxygens (including phenoxy) is 2. The van der Waals surface area contributed by atoms with E-state index in [1.54, 1.807) is 0 Å². The largest absolute Gasteiger partial charge is 0.508 e. The van der Waals surface area contributed by atoms with Crippen LogP contribution in [0, 0.1) is 0 Å². The SMILES string of the molecule is O=C(OCCCl)OCC(Cl)(Cl)Cl. The van der Waals surface area contributed by atoms with Gasteiger partial charge in [-0.2, -0.15) is 0 Å². The van der Waals surface area contributed by atoms with Gasteiger partial charge >= 0.3 is 6.16 Å². The van der Waals surface area contributed by atoms with E-state index in [1.807, 2.05) is 0 Å². The number of hydrogen-bond acceptors (Lipinski definition) is 3. The third-order valence-corrected chi connectivity index (χ3v) is 1.13. The summed E-state index contributed by atoms with van der Waals surface area (Å²) in [5, 5.41) is 0. The Hall–Kier alpha value is 0.430. The van der Waals surface area contributed by atoms with Crippen LogP contribution in [0.4, 0.5) is 4.79 Å². The van der Waals surface area contributed by atoms with Crippen LogP contribution >= 0.6 is 46.4 Å². The van der Waals surface area contributed by atoms with Crippen LogP contribution in [0.15, 0.2) is 0 Å². The van der Waals surface area contributed by atoms with Gasteiger partial charge in [-0.25, -0.2) is 4.79 Å². The molecular formula is C5H6Cl4O3. The Balaban J connectivity index is 3.44. The summed E-state index contributed by atoms with van der Waals surface area (Å²) >= 11 is 21.1. The number of carbonyl (C=O) groups excluding carboxylic acids is 1. The van der Waals surface area contributed by atoms with E-state index in [0.717, 1.165) is 0 Å². The van der Waals surface area contributed by atoms with Gasteiger partial charge in [0.2, 0.25) is 3.79 Å². The van der Waals surface area contributed by atoms with Crippen LogP contribution in [-0.2, 0) is 9.47 Å². The van der Waals surface area contributed by atoms with Crippen LogP contribution in [0.25, 0.3) is 0 Å². The lowest BCUT2D eigenvalue weighted by Crippen LogP contribution is -2.18. The van der Waals surface area contributed by atoms with E-state index in [9.17, 15) is 4.79 Å². The number of hydrogen-bond donors (Lipinski definition) is 0. The maximum absolute atomic E-state index is 10.6. The maximum Gasteiger partial charge on any atom is 0.508 e. The molecule has 0 saturated heterocycles. The van der Waals surface area contributed by atoms with Gasteiger partial charge in [0, 0.05) is 0 Å². The van der Waals surface area contributed by atoms with Crippen molar-refractivity contribution in [2.24, 2.45) is 0 Å². The Bertz CT molecular complexity index is 144. The van der Waals surface area contributed by atoms with E-state index in [4.69, 9.17) is 46.4 Å². The minimum absolute atomic E-state index is 0.0697. The second kappa shape index (κ2) is 5.97. The second-order valence-electron chi connectivity index (χ2n) is 1.69. The molecule has 0 spiro atoms. The Labute approximate surface area is 89.8 Å². The first-order valence-electron chi connectivity index (χ1n) is 2.88. The van der Waals surface area contributed by atoms with Crippen molar-refractivity contribution in [3.05, 3.63) is 0 Å². The Kier molecular flexibility index (Phi) is 6.19. The highest BCUT2D eigenvalue weighted by Gasteiger charge is 2.22. The van der Waals surface area contributed by atoms with Gasteiger partial charge < -0.3 is 9.47 Å². The molecule has 0 saturated carbocycles.